The molecular formula is C14H21F2N3. The van der Waals surface area contributed by atoms with E-state index in [-0.39, 0.29) is 11.6 Å². The Balaban J connectivity index is 2.22. The molecule has 1 aromatic heterocycles. The zero-order valence-corrected chi connectivity index (χ0v) is 11.7. The number of anilines is 2. The third-order valence-corrected chi connectivity index (χ3v) is 3.72. The summed E-state index contributed by atoms with van der Waals surface area (Å²) in [5.41, 5.74) is 0. The van der Waals surface area contributed by atoms with E-state index < -0.39 is 11.6 Å². The van der Waals surface area contributed by atoms with Crippen LogP contribution in [0.5, 0.6) is 0 Å². The van der Waals surface area contributed by atoms with Crippen LogP contribution in [-0.2, 0) is 0 Å². The highest BCUT2D eigenvalue weighted by Crippen LogP contribution is 2.30. The Hall–Kier alpha value is -1.39. The number of nitrogens with one attached hydrogen (secondary N) is 1. The van der Waals surface area contributed by atoms with Gasteiger partial charge in [-0.05, 0) is 25.2 Å². The van der Waals surface area contributed by atoms with Crippen LogP contribution in [0.15, 0.2) is 6.07 Å². The van der Waals surface area contributed by atoms with Gasteiger partial charge in [0.1, 0.15) is 0 Å². The van der Waals surface area contributed by atoms with Crippen LogP contribution in [0.4, 0.5) is 20.4 Å². The fourth-order valence-corrected chi connectivity index (χ4v) is 2.49. The van der Waals surface area contributed by atoms with E-state index in [1.54, 1.807) is 0 Å². The summed E-state index contributed by atoms with van der Waals surface area (Å²) in [6.07, 6.45) is 1.03. The first-order valence-corrected chi connectivity index (χ1v) is 6.87. The predicted octanol–water partition coefficient (Wildman–Crippen LogP) is 3.27. The molecular weight excluding hydrogens is 248 g/mol. The lowest BCUT2D eigenvalue weighted by atomic mass is 9.95. The zero-order chi connectivity index (χ0) is 14.0. The monoisotopic (exact) mass is 269 g/mol. The molecule has 1 atom stereocenters. The summed E-state index contributed by atoms with van der Waals surface area (Å²) in [7, 11) is 0. The first-order chi connectivity index (χ1) is 9.02. The van der Waals surface area contributed by atoms with E-state index in [1.807, 2.05) is 11.8 Å². The summed E-state index contributed by atoms with van der Waals surface area (Å²) < 4.78 is 27.4. The summed E-state index contributed by atoms with van der Waals surface area (Å²) in [5.74, 6) is 0.300. The van der Waals surface area contributed by atoms with Crippen molar-refractivity contribution in [2.75, 3.05) is 29.9 Å². The zero-order valence-electron chi connectivity index (χ0n) is 11.7. The van der Waals surface area contributed by atoms with E-state index in [9.17, 15) is 8.78 Å². The molecule has 2 heterocycles. The van der Waals surface area contributed by atoms with Gasteiger partial charge in [0, 0.05) is 25.7 Å². The van der Waals surface area contributed by atoms with E-state index in [4.69, 9.17) is 0 Å². The molecule has 106 valence electrons. The molecule has 1 unspecified atom stereocenters. The van der Waals surface area contributed by atoms with Gasteiger partial charge in [0.2, 0.25) is 0 Å². The van der Waals surface area contributed by atoms with Crippen LogP contribution in [0.3, 0.4) is 0 Å². The Morgan fingerprint density at radius 3 is 2.74 bits per heavy atom. The SMILES string of the molecule is CCNc1nc(N2CCC(C(C)C)C2)c(F)cc1F. The highest BCUT2D eigenvalue weighted by Gasteiger charge is 2.28. The highest BCUT2D eigenvalue weighted by molar-refractivity contribution is 5.50. The van der Waals surface area contributed by atoms with Crippen molar-refractivity contribution in [1.82, 2.24) is 4.98 Å². The lowest BCUT2D eigenvalue weighted by Crippen LogP contribution is -2.24. The molecule has 1 saturated heterocycles. The van der Waals surface area contributed by atoms with Gasteiger partial charge in [-0.1, -0.05) is 13.8 Å². The third kappa shape index (κ3) is 2.96. The van der Waals surface area contributed by atoms with E-state index in [2.05, 4.69) is 24.1 Å². The van der Waals surface area contributed by atoms with Crippen molar-refractivity contribution in [3.63, 3.8) is 0 Å². The van der Waals surface area contributed by atoms with Crippen LogP contribution in [0, 0.1) is 23.5 Å². The van der Waals surface area contributed by atoms with Crippen molar-refractivity contribution in [2.24, 2.45) is 11.8 Å². The van der Waals surface area contributed by atoms with Gasteiger partial charge in [-0.25, -0.2) is 13.8 Å². The molecule has 1 N–H and O–H groups in total. The second kappa shape index (κ2) is 5.72. The smallest absolute Gasteiger partial charge is 0.168 e. The quantitative estimate of drug-likeness (QED) is 0.909. The Morgan fingerprint density at radius 1 is 1.42 bits per heavy atom. The maximum absolute atomic E-state index is 13.9. The molecule has 0 radical (unpaired) electrons. The molecule has 2 rings (SSSR count). The molecule has 1 aliphatic heterocycles. The summed E-state index contributed by atoms with van der Waals surface area (Å²) in [4.78, 5) is 6.02. The summed E-state index contributed by atoms with van der Waals surface area (Å²) >= 11 is 0. The molecule has 0 bridgehead atoms. The average molecular weight is 269 g/mol. The first-order valence-electron chi connectivity index (χ1n) is 6.87. The molecule has 5 heteroatoms. The number of halogens is 2. The van der Waals surface area contributed by atoms with Gasteiger partial charge in [0.05, 0.1) is 0 Å². The maximum atomic E-state index is 13.9. The molecule has 0 saturated carbocycles. The van der Waals surface area contributed by atoms with Gasteiger partial charge >= 0.3 is 0 Å². The van der Waals surface area contributed by atoms with E-state index in [0.717, 1.165) is 25.6 Å². The van der Waals surface area contributed by atoms with Crippen LogP contribution in [0.25, 0.3) is 0 Å². The Bertz CT molecular complexity index is 449. The molecule has 0 amide bonds. The fourth-order valence-electron chi connectivity index (χ4n) is 2.49. The lowest BCUT2D eigenvalue weighted by Gasteiger charge is -2.20. The number of nitrogens with zero attached hydrogens (tertiary/aromatic N) is 2. The molecule has 19 heavy (non-hydrogen) atoms. The second-order valence-electron chi connectivity index (χ2n) is 5.39. The molecule has 1 fully saturated rings. The Labute approximate surface area is 113 Å². The minimum Gasteiger partial charge on any atom is -0.368 e. The van der Waals surface area contributed by atoms with E-state index in [0.29, 0.717) is 18.4 Å². The number of hydrogen-bond donors (Lipinski definition) is 1. The summed E-state index contributed by atoms with van der Waals surface area (Å²) in [6.45, 7) is 8.33. The Kier molecular flexibility index (Phi) is 4.22. The number of rotatable bonds is 4. The van der Waals surface area contributed by atoms with Crippen LogP contribution in [-0.4, -0.2) is 24.6 Å². The van der Waals surface area contributed by atoms with Crippen LogP contribution < -0.4 is 10.2 Å². The van der Waals surface area contributed by atoms with Gasteiger partial charge in [-0.15, -0.1) is 0 Å². The lowest BCUT2D eigenvalue weighted by molar-refractivity contribution is 0.422. The number of hydrogen-bond acceptors (Lipinski definition) is 3. The molecule has 3 nitrogen and oxygen atoms in total. The van der Waals surface area contributed by atoms with Gasteiger partial charge < -0.3 is 10.2 Å². The van der Waals surface area contributed by atoms with Crippen molar-refractivity contribution in [2.45, 2.75) is 27.2 Å². The molecule has 0 spiro atoms. The first kappa shape index (κ1) is 14.0. The van der Waals surface area contributed by atoms with Crippen molar-refractivity contribution in [3.8, 4) is 0 Å². The standard InChI is InChI=1S/C14H21F2N3/c1-4-17-13-11(15)7-12(16)14(18-13)19-6-5-10(8-19)9(2)3/h7,9-10H,4-6,8H2,1-3H3,(H,17,18). The van der Waals surface area contributed by atoms with Crippen LogP contribution >= 0.6 is 0 Å². The van der Waals surface area contributed by atoms with Crippen LogP contribution in [0.1, 0.15) is 27.2 Å². The van der Waals surface area contributed by atoms with E-state index >= 15 is 0 Å². The Morgan fingerprint density at radius 2 is 2.16 bits per heavy atom. The predicted molar refractivity (Wildman–Crippen MR) is 73.5 cm³/mol. The fraction of sp³-hybridized carbons (Fsp3) is 0.643. The van der Waals surface area contributed by atoms with Crippen molar-refractivity contribution in [3.05, 3.63) is 17.7 Å². The van der Waals surface area contributed by atoms with Crippen molar-refractivity contribution in [1.29, 1.82) is 0 Å². The maximum Gasteiger partial charge on any atom is 0.168 e. The normalized spacial score (nSPS) is 19.3. The number of pyridine rings is 1. The third-order valence-electron chi connectivity index (χ3n) is 3.72. The summed E-state index contributed by atoms with van der Waals surface area (Å²) in [5, 5.41) is 2.82. The summed E-state index contributed by atoms with van der Waals surface area (Å²) in [6, 6.07) is 0.920. The van der Waals surface area contributed by atoms with Gasteiger partial charge in [-0.2, -0.15) is 0 Å². The molecule has 1 aliphatic rings. The highest BCUT2D eigenvalue weighted by atomic mass is 19.1. The number of aromatic nitrogens is 1. The molecule has 0 aromatic carbocycles. The minimum absolute atomic E-state index is 0.131. The van der Waals surface area contributed by atoms with Gasteiger partial charge in [-0.3, -0.25) is 0 Å². The molecule has 0 aliphatic carbocycles. The minimum atomic E-state index is -0.636. The topological polar surface area (TPSA) is 28.2 Å². The van der Waals surface area contributed by atoms with Gasteiger partial charge in [0.15, 0.2) is 23.3 Å². The van der Waals surface area contributed by atoms with Crippen molar-refractivity contribution >= 4 is 11.6 Å². The second-order valence-corrected chi connectivity index (χ2v) is 5.39. The van der Waals surface area contributed by atoms with Crippen molar-refractivity contribution < 1.29 is 8.78 Å². The molecule has 1 aromatic rings. The largest absolute Gasteiger partial charge is 0.368 e. The van der Waals surface area contributed by atoms with E-state index in [1.165, 1.54) is 0 Å². The van der Waals surface area contributed by atoms with Crippen LogP contribution in [0.2, 0.25) is 0 Å². The average Bonchev–Trinajstić information content (AvgIpc) is 2.82. The van der Waals surface area contributed by atoms with Gasteiger partial charge in [0.25, 0.3) is 0 Å².